The molecule has 0 radical (unpaired) electrons. The highest BCUT2D eigenvalue weighted by molar-refractivity contribution is 7.22. The van der Waals surface area contributed by atoms with Crippen molar-refractivity contribution in [3.8, 4) is 17.0 Å². The van der Waals surface area contributed by atoms with Crippen LogP contribution >= 0.6 is 11.3 Å². The van der Waals surface area contributed by atoms with Crippen molar-refractivity contribution in [1.82, 2.24) is 15.3 Å². The normalized spacial score (nSPS) is 17.8. The van der Waals surface area contributed by atoms with Crippen LogP contribution in [0.15, 0.2) is 48.5 Å². The lowest BCUT2D eigenvalue weighted by molar-refractivity contribution is -0.123. The van der Waals surface area contributed by atoms with Gasteiger partial charge in [-0.25, -0.2) is 14.4 Å². The quantitative estimate of drug-likeness (QED) is 0.322. The molecule has 0 saturated carbocycles. The number of aliphatic hydroxyl groups is 1. The van der Waals surface area contributed by atoms with Gasteiger partial charge in [-0.15, -0.1) is 0 Å². The van der Waals surface area contributed by atoms with E-state index >= 15 is 0 Å². The first-order valence-corrected chi connectivity index (χ1v) is 13.0. The van der Waals surface area contributed by atoms with Gasteiger partial charge in [-0.1, -0.05) is 11.3 Å². The van der Waals surface area contributed by atoms with Crippen molar-refractivity contribution in [3.05, 3.63) is 71.2 Å². The minimum Gasteiger partial charge on any atom is -0.489 e. The maximum absolute atomic E-state index is 13.6. The number of nitrogens with zero attached hydrogens (tertiary/aromatic N) is 3. The summed E-state index contributed by atoms with van der Waals surface area (Å²) in [7, 11) is 3.81. The summed E-state index contributed by atoms with van der Waals surface area (Å²) in [6.07, 6.45) is 0. The van der Waals surface area contributed by atoms with Gasteiger partial charge >= 0.3 is 0 Å². The summed E-state index contributed by atoms with van der Waals surface area (Å²) in [6.45, 7) is 3.01. The molecule has 0 aliphatic carbocycles. The zero-order valence-electron chi connectivity index (χ0n) is 21.9. The first-order chi connectivity index (χ1) is 18.4. The van der Waals surface area contributed by atoms with Gasteiger partial charge in [-0.2, -0.15) is 0 Å². The summed E-state index contributed by atoms with van der Waals surface area (Å²) in [5, 5.41) is 15.1. The fourth-order valence-electron chi connectivity index (χ4n) is 4.36. The van der Waals surface area contributed by atoms with Crippen molar-refractivity contribution >= 4 is 38.5 Å². The second kappa shape index (κ2) is 9.58. The Morgan fingerprint density at radius 1 is 1.21 bits per heavy atom. The SMILES string of the molecule is CN(C)c1nc2ccc(C(=O)NC[C@](C)(O)c3cc4c(c(-c5ccc(F)cc5)n3)OC[C@]4(C)C(N)=O)cc2s1. The largest absolute Gasteiger partial charge is 0.489 e. The lowest BCUT2D eigenvalue weighted by Crippen LogP contribution is -2.41. The number of anilines is 1. The molecular weight excluding hydrogens is 521 g/mol. The molecule has 0 fully saturated rings. The Balaban J connectivity index is 1.46. The average Bonchev–Trinajstić information content (AvgIpc) is 3.49. The van der Waals surface area contributed by atoms with E-state index in [-0.39, 0.29) is 24.8 Å². The van der Waals surface area contributed by atoms with E-state index in [0.29, 0.717) is 28.1 Å². The summed E-state index contributed by atoms with van der Waals surface area (Å²) in [5.41, 5.74) is 5.70. The van der Waals surface area contributed by atoms with Gasteiger partial charge in [0.05, 0.1) is 22.5 Å². The predicted octanol–water partition coefficient (Wildman–Crippen LogP) is 3.34. The van der Waals surface area contributed by atoms with Gasteiger partial charge in [-0.3, -0.25) is 9.59 Å². The molecule has 1 aliphatic heterocycles. The molecule has 202 valence electrons. The topological polar surface area (TPSA) is 131 Å². The van der Waals surface area contributed by atoms with E-state index in [9.17, 15) is 19.1 Å². The first kappa shape index (κ1) is 26.5. The van der Waals surface area contributed by atoms with E-state index in [1.807, 2.05) is 19.0 Å². The molecule has 2 aromatic carbocycles. The van der Waals surface area contributed by atoms with Crippen molar-refractivity contribution in [2.75, 3.05) is 32.1 Å². The second-order valence-electron chi connectivity index (χ2n) is 10.3. The molecule has 2 amide bonds. The van der Waals surface area contributed by atoms with E-state index < -0.39 is 22.7 Å². The van der Waals surface area contributed by atoms with Gasteiger partial charge in [0.25, 0.3) is 5.91 Å². The van der Waals surface area contributed by atoms with Crippen LogP contribution in [-0.2, 0) is 15.8 Å². The van der Waals surface area contributed by atoms with Crippen LogP contribution in [0.5, 0.6) is 5.75 Å². The van der Waals surface area contributed by atoms with Gasteiger partial charge in [0.1, 0.15) is 34.9 Å². The standard InChI is InChI=1S/C28H28FN5O4S/c1-27(25(30)36)14-38-23-18(27)12-21(33-22(23)15-5-8-17(29)9-6-15)28(2,37)13-31-24(35)16-7-10-19-20(11-16)39-26(32-19)34(3)4/h5-12,37H,13-14H2,1-4H3,(H2,30,36)(H,31,35)/t27-,28-/m0/s1. The molecule has 3 heterocycles. The molecular formula is C28H28FN5O4S. The number of thiazole rings is 1. The van der Waals surface area contributed by atoms with Crippen molar-refractivity contribution < 1.29 is 23.8 Å². The van der Waals surface area contributed by atoms with Crippen molar-refractivity contribution in [2.24, 2.45) is 5.73 Å². The third-order valence-corrected chi connectivity index (χ3v) is 8.09. The predicted molar refractivity (Wildman–Crippen MR) is 148 cm³/mol. The van der Waals surface area contributed by atoms with Crippen molar-refractivity contribution in [3.63, 3.8) is 0 Å². The molecule has 11 heteroatoms. The number of nitrogens with two attached hydrogens (primary N) is 1. The Morgan fingerprint density at radius 2 is 1.92 bits per heavy atom. The maximum atomic E-state index is 13.6. The fraction of sp³-hybridized carbons (Fsp3) is 0.286. The van der Waals surface area contributed by atoms with E-state index in [1.165, 1.54) is 30.4 Å². The smallest absolute Gasteiger partial charge is 0.251 e. The number of hydrogen-bond donors (Lipinski definition) is 3. The number of carbonyl (C=O) groups is 2. The summed E-state index contributed by atoms with van der Waals surface area (Å²) in [4.78, 5) is 36.5. The third-order valence-electron chi connectivity index (χ3n) is 6.90. The number of primary amides is 1. The second-order valence-corrected chi connectivity index (χ2v) is 11.3. The number of rotatable bonds is 7. The zero-order chi connectivity index (χ0) is 28.1. The van der Waals surface area contributed by atoms with E-state index in [1.54, 1.807) is 43.3 Å². The van der Waals surface area contributed by atoms with Gasteiger partial charge in [0, 0.05) is 30.8 Å². The number of fused-ring (bicyclic) bond motifs is 2. The monoisotopic (exact) mass is 549 g/mol. The van der Waals surface area contributed by atoms with Crippen LogP contribution in [0, 0.1) is 5.82 Å². The van der Waals surface area contributed by atoms with Crippen LogP contribution in [0.3, 0.4) is 0 Å². The van der Waals surface area contributed by atoms with Gasteiger partial charge in [0.2, 0.25) is 5.91 Å². The van der Waals surface area contributed by atoms with Crippen LogP contribution in [0.2, 0.25) is 0 Å². The number of halogens is 1. The molecule has 4 N–H and O–H groups in total. The molecule has 2 aromatic heterocycles. The average molecular weight is 550 g/mol. The van der Waals surface area contributed by atoms with Gasteiger partial charge in [0.15, 0.2) is 5.13 Å². The molecule has 9 nitrogen and oxygen atoms in total. The van der Waals surface area contributed by atoms with Crippen LogP contribution in [-0.4, -0.2) is 54.1 Å². The fourth-order valence-corrected chi connectivity index (χ4v) is 5.28. The minimum absolute atomic E-state index is 0.00542. The van der Waals surface area contributed by atoms with Crippen molar-refractivity contribution in [1.29, 1.82) is 0 Å². The van der Waals surface area contributed by atoms with Crippen molar-refractivity contribution in [2.45, 2.75) is 24.9 Å². The number of carbonyl (C=O) groups excluding carboxylic acids is 2. The summed E-state index contributed by atoms with van der Waals surface area (Å²) in [5.74, 6) is -1.03. The number of hydrogen-bond acceptors (Lipinski definition) is 8. The zero-order valence-corrected chi connectivity index (χ0v) is 22.7. The van der Waals surface area contributed by atoms with Crippen LogP contribution in [0.4, 0.5) is 9.52 Å². The Bertz CT molecular complexity index is 1600. The number of nitrogens with one attached hydrogen (secondary N) is 1. The molecule has 0 spiro atoms. The van der Waals surface area contributed by atoms with Crippen LogP contribution in [0.25, 0.3) is 21.5 Å². The van der Waals surface area contributed by atoms with Gasteiger partial charge in [-0.05, 0) is 62.4 Å². The first-order valence-electron chi connectivity index (χ1n) is 12.2. The third kappa shape index (κ3) is 4.79. The number of benzene rings is 2. The Hall–Kier alpha value is -4.09. The summed E-state index contributed by atoms with van der Waals surface area (Å²) in [6, 6.07) is 12.5. The number of ether oxygens (including phenoxy) is 1. The molecule has 2 atom stereocenters. The molecule has 1 aliphatic rings. The highest BCUT2D eigenvalue weighted by atomic mass is 32.1. The van der Waals surface area contributed by atoms with Crippen LogP contribution < -0.4 is 20.7 Å². The minimum atomic E-state index is -1.63. The molecule has 39 heavy (non-hydrogen) atoms. The maximum Gasteiger partial charge on any atom is 0.251 e. The lowest BCUT2D eigenvalue weighted by atomic mass is 9.82. The molecule has 0 saturated heterocycles. The summed E-state index contributed by atoms with van der Waals surface area (Å²) < 4.78 is 20.3. The molecule has 0 unspecified atom stereocenters. The van der Waals surface area contributed by atoms with E-state index in [4.69, 9.17) is 10.5 Å². The highest BCUT2D eigenvalue weighted by Crippen LogP contribution is 2.45. The Labute approximate surface area is 228 Å². The molecule has 0 bridgehead atoms. The lowest BCUT2D eigenvalue weighted by Gasteiger charge is -2.26. The van der Waals surface area contributed by atoms with Gasteiger partial charge < -0.3 is 25.8 Å². The van der Waals surface area contributed by atoms with Crippen LogP contribution in [0.1, 0.15) is 35.5 Å². The number of aromatic nitrogens is 2. The Kier molecular flexibility index (Phi) is 6.51. The summed E-state index contributed by atoms with van der Waals surface area (Å²) >= 11 is 1.47. The number of amides is 2. The highest BCUT2D eigenvalue weighted by Gasteiger charge is 2.45. The van der Waals surface area contributed by atoms with E-state index in [0.717, 1.165) is 15.3 Å². The number of pyridine rings is 1. The van der Waals surface area contributed by atoms with E-state index in [2.05, 4.69) is 15.3 Å². The molecule has 5 rings (SSSR count). The molecule has 4 aromatic rings. The Morgan fingerprint density at radius 3 is 2.59 bits per heavy atom.